The van der Waals surface area contributed by atoms with Gasteiger partial charge < -0.3 is 10.4 Å². The van der Waals surface area contributed by atoms with Gasteiger partial charge in [0.15, 0.2) is 0 Å². The fraction of sp³-hybridized carbons (Fsp3) is 0.571. The van der Waals surface area contributed by atoms with Gasteiger partial charge in [0.2, 0.25) is 0 Å². The van der Waals surface area contributed by atoms with Gasteiger partial charge in [0.1, 0.15) is 0 Å². The molecule has 0 spiro atoms. The molecule has 96 valence electrons. The Kier molecular flexibility index (Phi) is 5.63. The lowest BCUT2D eigenvalue weighted by Gasteiger charge is -2.25. The molecule has 0 aliphatic heterocycles. The van der Waals surface area contributed by atoms with E-state index in [0.717, 1.165) is 17.4 Å². The summed E-state index contributed by atoms with van der Waals surface area (Å²) in [6, 6.07) is 8.20. The third-order valence-electron chi connectivity index (χ3n) is 2.57. The molecule has 1 atom stereocenters. The van der Waals surface area contributed by atoms with E-state index >= 15 is 0 Å². The average Bonchev–Trinajstić information content (AvgIpc) is 2.15. The normalized spacial score (nSPS) is 14.9. The lowest BCUT2D eigenvalue weighted by atomic mass is 9.94. The van der Waals surface area contributed by atoms with Crippen molar-refractivity contribution < 1.29 is 5.11 Å². The minimum Gasteiger partial charge on any atom is -0.389 e. The van der Waals surface area contributed by atoms with Crippen LogP contribution in [-0.4, -0.2) is 17.3 Å². The number of rotatable bonds is 6. The summed E-state index contributed by atoms with van der Waals surface area (Å²) in [5, 5.41) is 13.4. The molecular weight excluding hydrogens is 278 g/mol. The first-order valence-electron chi connectivity index (χ1n) is 6.06. The summed E-state index contributed by atoms with van der Waals surface area (Å²) in [7, 11) is 0. The van der Waals surface area contributed by atoms with Crippen molar-refractivity contribution in [1.82, 2.24) is 5.32 Å². The third-order valence-corrected chi connectivity index (χ3v) is 3.07. The molecule has 0 amide bonds. The largest absolute Gasteiger partial charge is 0.389 e. The number of benzene rings is 1. The smallest absolute Gasteiger partial charge is 0.0746 e. The van der Waals surface area contributed by atoms with Crippen LogP contribution in [0, 0.1) is 5.92 Å². The Morgan fingerprint density at radius 2 is 2.12 bits per heavy atom. The number of aliphatic hydroxyl groups is 1. The van der Waals surface area contributed by atoms with Gasteiger partial charge >= 0.3 is 0 Å². The Morgan fingerprint density at radius 3 is 2.71 bits per heavy atom. The zero-order valence-electron chi connectivity index (χ0n) is 10.8. The minimum absolute atomic E-state index is 0.512. The maximum atomic E-state index is 10.1. The molecule has 0 saturated carbocycles. The van der Waals surface area contributed by atoms with Crippen LogP contribution in [0.25, 0.3) is 0 Å². The Morgan fingerprint density at radius 1 is 1.41 bits per heavy atom. The van der Waals surface area contributed by atoms with Crippen LogP contribution in [0.3, 0.4) is 0 Å². The molecule has 2 N–H and O–H groups in total. The molecule has 0 fully saturated rings. The second-order valence-corrected chi connectivity index (χ2v) is 6.24. The Balaban J connectivity index is 2.37. The first-order valence-corrected chi connectivity index (χ1v) is 6.86. The van der Waals surface area contributed by atoms with E-state index in [4.69, 9.17) is 0 Å². The van der Waals surface area contributed by atoms with Gasteiger partial charge in [-0.25, -0.2) is 0 Å². The van der Waals surface area contributed by atoms with Crippen LogP contribution >= 0.6 is 15.9 Å². The van der Waals surface area contributed by atoms with Crippen LogP contribution in [-0.2, 0) is 6.54 Å². The van der Waals surface area contributed by atoms with Crippen LogP contribution in [0.2, 0.25) is 0 Å². The topological polar surface area (TPSA) is 32.3 Å². The molecule has 0 heterocycles. The van der Waals surface area contributed by atoms with Crippen LogP contribution in [0.15, 0.2) is 28.7 Å². The molecule has 0 aromatic heterocycles. The molecule has 1 rings (SSSR count). The second-order valence-electron chi connectivity index (χ2n) is 5.33. The van der Waals surface area contributed by atoms with E-state index in [1.165, 1.54) is 5.56 Å². The summed E-state index contributed by atoms with van der Waals surface area (Å²) in [4.78, 5) is 0. The first-order chi connectivity index (χ1) is 7.89. The predicted octanol–water partition coefficient (Wildman–Crippen LogP) is 3.34. The highest BCUT2D eigenvalue weighted by molar-refractivity contribution is 9.10. The molecule has 0 saturated heterocycles. The zero-order chi connectivity index (χ0) is 12.9. The van der Waals surface area contributed by atoms with Gasteiger partial charge in [-0.2, -0.15) is 0 Å². The van der Waals surface area contributed by atoms with Crippen molar-refractivity contribution in [2.24, 2.45) is 5.92 Å². The van der Waals surface area contributed by atoms with E-state index in [-0.39, 0.29) is 0 Å². The Labute approximate surface area is 113 Å². The summed E-state index contributed by atoms with van der Waals surface area (Å²) in [5.41, 5.74) is 0.597. The van der Waals surface area contributed by atoms with Crippen LogP contribution in [0.1, 0.15) is 32.8 Å². The minimum atomic E-state index is -0.625. The fourth-order valence-electron chi connectivity index (χ4n) is 2.07. The number of hydrogen-bond donors (Lipinski definition) is 2. The SMILES string of the molecule is CC(C)CC(C)(O)CNCc1cccc(Br)c1. The number of hydrogen-bond acceptors (Lipinski definition) is 2. The summed E-state index contributed by atoms with van der Waals surface area (Å²) < 4.78 is 1.09. The Bertz CT molecular complexity index is 350. The van der Waals surface area contributed by atoms with Gasteiger partial charge in [0, 0.05) is 17.6 Å². The molecule has 0 aliphatic carbocycles. The lowest BCUT2D eigenvalue weighted by molar-refractivity contribution is 0.0383. The summed E-state index contributed by atoms with van der Waals surface area (Å²) in [6.45, 7) is 7.55. The molecule has 0 bridgehead atoms. The van der Waals surface area contributed by atoms with Gasteiger partial charge in [-0.1, -0.05) is 41.9 Å². The van der Waals surface area contributed by atoms with Crippen molar-refractivity contribution in [2.45, 2.75) is 39.3 Å². The summed E-state index contributed by atoms with van der Waals surface area (Å²) in [6.07, 6.45) is 0.818. The molecule has 1 aromatic rings. The highest BCUT2D eigenvalue weighted by Gasteiger charge is 2.20. The zero-order valence-corrected chi connectivity index (χ0v) is 12.4. The molecule has 17 heavy (non-hydrogen) atoms. The van der Waals surface area contributed by atoms with Gasteiger partial charge in [0.05, 0.1) is 5.60 Å². The molecule has 0 aliphatic rings. The van der Waals surface area contributed by atoms with E-state index in [0.29, 0.717) is 12.5 Å². The summed E-state index contributed by atoms with van der Waals surface area (Å²) in [5.74, 6) is 0.512. The van der Waals surface area contributed by atoms with Gasteiger partial charge in [-0.15, -0.1) is 0 Å². The highest BCUT2D eigenvalue weighted by Crippen LogP contribution is 2.16. The van der Waals surface area contributed by atoms with E-state index in [9.17, 15) is 5.11 Å². The van der Waals surface area contributed by atoms with Crippen LogP contribution < -0.4 is 5.32 Å². The monoisotopic (exact) mass is 299 g/mol. The number of halogens is 1. The van der Waals surface area contributed by atoms with E-state index in [1.807, 2.05) is 19.1 Å². The van der Waals surface area contributed by atoms with Crippen molar-refractivity contribution in [1.29, 1.82) is 0 Å². The van der Waals surface area contributed by atoms with Crippen molar-refractivity contribution in [2.75, 3.05) is 6.54 Å². The van der Waals surface area contributed by atoms with E-state index < -0.39 is 5.60 Å². The van der Waals surface area contributed by atoms with E-state index in [2.05, 4.69) is 47.2 Å². The predicted molar refractivity (Wildman–Crippen MR) is 75.9 cm³/mol. The molecule has 1 unspecified atom stereocenters. The summed E-state index contributed by atoms with van der Waals surface area (Å²) >= 11 is 3.45. The standard InChI is InChI=1S/C14H22BrNO/c1-11(2)8-14(3,17)10-16-9-12-5-4-6-13(15)7-12/h4-7,11,16-17H,8-10H2,1-3H3. The van der Waals surface area contributed by atoms with Crippen molar-refractivity contribution >= 4 is 15.9 Å². The van der Waals surface area contributed by atoms with Crippen molar-refractivity contribution in [3.8, 4) is 0 Å². The van der Waals surface area contributed by atoms with Crippen LogP contribution in [0.5, 0.6) is 0 Å². The first kappa shape index (κ1) is 14.7. The highest BCUT2D eigenvalue weighted by atomic mass is 79.9. The van der Waals surface area contributed by atoms with Crippen molar-refractivity contribution in [3.05, 3.63) is 34.3 Å². The third kappa shape index (κ3) is 6.20. The van der Waals surface area contributed by atoms with Gasteiger partial charge in [-0.05, 0) is 37.0 Å². The van der Waals surface area contributed by atoms with E-state index in [1.54, 1.807) is 0 Å². The maximum absolute atomic E-state index is 10.1. The fourth-order valence-corrected chi connectivity index (χ4v) is 2.52. The molecule has 3 heteroatoms. The van der Waals surface area contributed by atoms with Gasteiger partial charge in [0.25, 0.3) is 0 Å². The lowest BCUT2D eigenvalue weighted by Crippen LogP contribution is -2.38. The molecule has 2 nitrogen and oxygen atoms in total. The van der Waals surface area contributed by atoms with Crippen molar-refractivity contribution in [3.63, 3.8) is 0 Å². The van der Waals surface area contributed by atoms with Gasteiger partial charge in [-0.3, -0.25) is 0 Å². The maximum Gasteiger partial charge on any atom is 0.0746 e. The number of nitrogens with one attached hydrogen (secondary N) is 1. The Hall–Kier alpha value is -0.380. The quantitative estimate of drug-likeness (QED) is 0.844. The molecular formula is C14H22BrNO. The van der Waals surface area contributed by atoms with Crippen LogP contribution in [0.4, 0.5) is 0 Å². The molecule has 0 radical (unpaired) electrons. The molecule has 1 aromatic carbocycles. The second kappa shape index (κ2) is 6.53. The average molecular weight is 300 g/mol.